The molecule has 2 rings (SSSR count). The minimum Gasteiger partial charge on any atom is -0.456 e. The fourth-order valence-electron chi connectivity index (χ4n) is 1.50. The van der Waals surface area contributed by atoms with Crippen molar-refractivity contribution in [3.63, 3.8) is 0 Å². The largest absolute Gasteiger partial charge is 0.456 e. The van der Waals surface area contributed by atoms with Gasteiger partial charge in [-0.3, -0.25) is 9.63 Å². The molecule has 0 saturated carbocycles. The van der Waals surface area contributed by atoms with Gasteiger partial charge in [0.05, 0.1) is 6.61 Å². The first-order chi connectivity index (χ1) is 8.79. The Bertz CT molecular complexity index is 505. The first-order valence-corrected chi connectivity index (χ1v) is 5.84. The highest BCUT2D eigenvalue weighted by molar-refractivity contribution is 5.90. The number of hydroxylamine groups is 1. The van der Waals surface area contributed by atoms with E-state index in [2.05, 4.69) is 5.48 Å². The van der Waals surface area contributed by atoms with Crippen molar-refractivity contribution < 1.29 is 14.0 Å². The lowest BCUT2D eigenvalue weighted by Gasteiger charge is -2.04. The van der Waals surface area contributed by atoms with Crippen molar-refractivity contribution in [2.45, 2.75) is 20.0 Å². The molecule has 1 aromatic carbocycles. The SMILES string of the molecule is CCc1ccc(C(=O)NOCc2ccccc2)o1. The van der Waals surface area contributed by atoms with Crippen LogP contribution in [0.3, 0.4) is 0 Å². The van der Waals surface area contributed by atoms with Crippen LogP contribution in [-0.4, -0.2) is 5.91 Å². The van der Waals surface area contributed by atoms with Crippen molar-refractivity contribution in [2.24, 2.45) is 0 Å². The fraction of sp³-hybridized carbons (Fsp3) is 0.214. The second-order valence-corrected chi connectivity index (χ2v) is 3.82. The molecule has 18 heavy (non-hydrogen) atoms. The Labute approximate surface area is 106 Å². The number of hydrogen-bond donors (Lipinski definition) is 1. The molecule has 0 aliphatic rings. The molecule has 1 heterocycles. The maximum Gasteiger partial charge on any atom is 0.310 e. The zero-order chi connectivity index (χ0) is 12.8. The Morgan fingerprint density at radius 3 is 2.67 bits per heavy atom. The lowest BCUT2D eigenvalue weighted by Crippen LogP contribution is -2.23. The summed E-state index contributed by atoms with van der Waals surface area (Å²) < 4.78 is 5.31. The van der Waals surface area contributed by atoms with Gasteiger partial charge in [-0.1, -0.05) is 37.3 Å². The van der Waals surface area contributed by atoms with E-state index >= 15 is 0 Å². The van der Waals surface area contributed by atoms with Gasteiger partial charge in [-0.05, 0) is 17.7 Å². The quantitative estimate of drug-likeness (QED) is 0.824. The van der Waals surface area contributed by atoms with E-state index in [9.17, 15) is 4.79 Å². The summed E-state index contributed by atoms with van der Waals surface area (Å²) in [6, 6.07) is 13.0. The average Bonchev–Trinajstić information content (AvgIpc) is 2.89. The molecule has 4 heteroatoms. The summed E-state index contributed by atoms with van der Waals surface area (Å²) >= 11 is 0. The number of amides is 1. The van der Waals surface area contributed by atoms with Crippen LogP contribution in [0.2, 0.25) is 0 Å². The molecule has 0 fully saturated rings. The molecule has 1 N–H and O–H groups in total. The minimum absolute atomic E-state index is 0.264. The number of hydrogen-bond acceptors (Lipinski definition) is 3. The highest BCUT2D eigenvalue weighted by Crippen LogP contribution is 2.08. The van der Waals surface area contributed by atoms with Crippen molar-refractivity contribution in [1.82, 2.24) is 5.48 Å². The molecule has 0 unspecified atom stereocenters. The van der Waals surface area contributed by atoms with Gasteiger partial charge in [0.25, 0.3) is 0 Å². The standard InChI is InChI=1S/C14H15NO3/c1-2-12-8-9-13(18-12)14(16)15-17-10-11-6-4-3-5-7-11/h3-9H,2,10H2,1H3,(H,15,16). The fourth-order valence-corrected chi connectivity index (χ4v) is 1.50. The third kappa shape index (κ3) is 3.21. The third-order valence-electron chi connectivity index (χ3n) is 2.48. The second kappa shape index (κ2) is 6.02. The molecule has 0 aliphatic heterocycles. The van der Waals surface area contributed by atoms with E-state index in [1.807, 2.05) is 37.3 Å². The molecule has 0 spiro atoms. The average molecular weight is 245 g/mol. The van der Waals surface area contributed by atoms with Crippen LogP contribution < -0.4 is 5.48 Å². The number of nitrogens with one attached hydrogen (secondary N) is 1. The van der Waals surface area contributed by atoms with Crippen LogP contribution in [-0.2, 0) is 17.9 Å². The molecule has 0 radical (unpaired) electrons. The number of carbonyl (C=O) groups is 1. The Morgan fingerprint density at radius 1 is 1.22 bits per heavy atom. The zero-order valence-electron chi connectivity index (χ0n) is 10.2. The molecule has 94 valence electrons. The normalized spacial score (nSPS) is 10.3. The molecular weight excluding hydrogens is 230 g/mol. The highest BCUT2D eigenvalue weighted by atomic mass is 16.7. The third-order valence-corrected chi connectivity index (χ3v) is 2.48. The molecule has 1 aromatic heterocycles. The predicted molar refractivity (Wildman–Crippen MR) is 66.8 cm³/mol. The Hall–Kier alpha value is -2.07. The summed E-state index contributed by atoms with van der Waals surface area (Å²) in [5.74, 6) is 0.675. The van der Waals surface area contributed by atoms with Crippen LogP contribution in [0, 0.1) is 0 Å². The van der Waals surface area contributed by atoms with Crippen LogP contribution in [0.4, 0.5) is 0 Å². The number of benzene rings is 1. The number of aryl methyl sites for hydroxylation is 1. The Morgan fingerprint density at radius 2 is 2.00 bits per heavy atom. The maximum atomic E-state index is 11.6. The van der Waals surface area contributed by atoms with E-state index in [4.69, 9.17) is 9.25 Å². The van der Waals surface area contributed by atoms with E-state index in [1.165, 1.54) is 0 Å². The summed E-state index contributed by atoms with van der Waals surface area (Å²) in [6.45, 7) is 2.29. The van der Waals surface area contributed by atoms with Crippen molar-refractivity contribution in [2.75, 3.05) is 0 Å². The second-order valence-electron chi connectivity index (χ2n) is 3.82. The maximum absolute atomic E-state index is 11.6. The summed E-state index contributed by atoms with van der Waals surface area (Å²) in [4.78, 5) is 16.8. The molecule has 2 aromatic rings. The van der Waals surface area contributed by atoms with Gasteiger partial charge in [0.15, 0.2) is 5.76 Å². The molecule has 0 bridgehead atoms. The summed E-state index contributed by atoms with van der Waals surface area (Å²) in [6.07, 6.45) is 0.762. The van der Waals surface area contributed by atoms with Gasteiger partial charge in [0.1, 0.15) is 5.76 Å². The number of furan rings is 1. The van der Waals surface area contributed by atoms with Crippen LogP contribution in [0.5, 0.6) is 0 Å². The van der Waals surface area contributed by atoms with Crippen molar-refractivity contribution in [3.8, 4) is 0 Å². The van der Waals surface area contributed by atoms with E-state index in [1.54, 1.807) is 12.1 Å². The smallest absolute Gasteiger partial charge is 0.310 e. The van der Waals surface area contributed by atoms with Crippen LogP contribution in [0.15, 0.2) is 46.9 Å². The molecule has 1 amide bonds. The summed E-state index contributed by atoms with van der Waals surface area (Å²) in [7, 11) is 0. The Balaban J connectivity index is 1.81. The van der Waals surface area contributed by atoms with E-state index < -0.39 is 0 Å². The van der Waals surface area contributed by atoms with Crippen LogP contribution >= 0.6 is 0 Å². The van der Waals surface area contributed by atoms with Gasteiger partial charge in [0, 0.05) is 6.42 Å². The number of rotatable bonds is 5. The molecule has 0 saturated heterocycles. The highest BCUT2D eigenvalue weighted by Gasteiger charge is 2.10. The molecule has 0 aliphatic carbocycles. The first kappa shape index (κ1) is 12.4. The van der Waals surface area contributed by atoms with Crippen molar-refractivity contribution in [1.29, 1.82) is 0 Å². The van der Waals surface area contributed by atoms with Crippen LogP contribution in [0.25, 0.3) is 0 Å². The zero-order valence-corrected chi connectivity index (χ0v) is 10.2. The van der Waals surface area contributed by atoms with Crippen molar-refractivity contribution in [3.05, 3.63) is 59.5 Å². The van der Waals surface area contributed by atoms with Gasteiger partial charge < -0.3 is 4.42 Å². The predicted octanol–water partition coefficient (Wildman–Crippen LogP) is 2.70. The first-order valence-electron chi connectivity index (χ1n) is 5.84. The molecule has 4 nitrogen and oxygen atoms in total. The lowest BCUT2D eigenvalue weighted by atomic mass is 10.2. The number of carbonyl (C=O) groups excluding carboxylic acids is 1. The van der Waals surface area contributed by atoms with E-state index in [0.717, 1.165) is 17.7 Å². The molecule has 0 atom stereocenters. The monoisotopic (exact) mass is 245 g/mol. The van der Waals surface area contributed by atoms with Crippen molar-refractivity contribution >= 4 is 5.91 Å². The van der Waals surface area contributed by atoms with Crippen LogP contribution in [0.1, 0.15) is 28.8 Å². The summed E-state index contributed by atoms with van der Waals surface area (Å²) in [5.41, 5.74) is 3.34. The minimum atomic E-state index is -0.370. The van der Waals surface area contributed by atoms with Gasteiger partial charge in [-0.2, -0.15) is 0 Å². The van der Waals surface area contributed by atoms with Gasteiger partial charge in [-0.25, -0.2) is 5.48 Å². The van der Waals surface area contributed by atoms with Gasteiger partial charge in [0.2, 0.25) is 0 Å². The van der Waals surface area contributed by atoms with Gasteiger partial charge >= 0.3 is 5.91 Å². The Kier molecular flexibility index (Phi) is 4.15. The van der Waals surface area contributed by atoms with E-state index in [-0.39, 0.29) is 11.7 Å². The topological polar surface area (TPSA) is 51.5 Å². The molecular formula is C14H15NO3. The lowest BCUT2D eigenvalue weighted by molar-refractivity contribution is 0.0211. The summed E-state index contributed by atoms with van der Waals surface area (Å²) in [5, 5.41) is 0. The van der Waals surface area contributed by atoms with Gasteiger partial charge in [-0.15, -0.1) is 0 Å². The van der Waals surface area contributed by atoms with E-state index in [0.29, 0.717) is 6.61 Å².